The number of pyridine rings is 1. The van der Waals surface area contributed by atoms with Gasteiger partial charge in [0.15, 0.2) is 23.2 Å². The molecule has 3 heterocycles. The number of hydrazone groups is 1. The fourth-order valence-corrected chi connectivity index (χ4v) is 3.35. The molecule has 0 radical (unpaired) electrons. The Kier molecular flexibility index (Phi) is 6.87. The van der Waals surface area contributed by atoms with Crippen molar-refractivity contribution < 1.29 is 22.3 Å². The average Bonchev–Trinajstić information content (AvgIpc) is 2.84. The van der Waals surface area contributed by atoms with E-state index in [2.05, 4.69) is 30.8 Å². The van der Waals surface area contributed by atoms with Crippen LogP contribution in [0.3, 0.4) is 0 Å². The van der Waals surface area contributed by atoms with Crippen LogP contribution in [0, 0.1) is 5.82 Å². The summed E-state index contributed by atoms with van der Waals surface area (Å²) in [5.74, 6) is -0.230. The number of ether oxygens (including phenoxy) is 1. The third-order valence-corrected chi connectivity index (χ3v) is 4.96. The van der Waals surface area contributed by atoms with Crippen molar-refractivity contribution in [2.24, 2.45) is 5.10 Å². The Morgan fingerprint density at radius 2 is 1.85 bits per heavy atom. The molecule has 2 aromatic heterocycles. The van der Waals surface area contributed by atoms with Crippen molar-refractivity contribution >= 4 is 22.9 Å². The van der Waals surface area contributed by atoms with Crippen LogP contribution in [0.15, 0.2) is 53.9 Å². The molecule has 0 aliphatic carbocycles. The minimum Gasteiger partial charge on any atom is -0.378 e. The standard InChI is InChI=1S/C22H21F4N7O/c1-27-32-19(20-29-13-17(23)21(31-20)33-7-9-34-10-8-33)18-6-5-16(12-28-18)30-15-4-2-3-14(11-15)22(24,25)26/h2-6,11-13,27,30H,7-10H2,1H3/b32-19-. The molecule has 34 heavy (non-hydrogen) atoms. The first-order valence-electron chi connectivity index (χ1n) is 10.4. The number of alkyl halides is 3. The fourth-order valence-electron chi connectivity index (χ4n) is 3.35. The Morgan fingerprint density at radius 3 is 2.53 bits per heavy atom. The second-order valence-electron chi connectivity index (χ2n) is 7.28. The number of anilines is 3. The Bertz CT molecular complexity index is 1160. The maximum atomic E-state index is 14.4. The number of rotatable bonds is 6. The van der Waals surface area contributed by atoms with Gasteiger partial charge >= 0.3 is 6.18 Å². The lowest BCUT2D eigenvalue weighted by Gasteiger charge is -2.28. The van der Waals surface area contributed by atoms with E-state index in [1.54, 1.807) is 24.1 Å². The van der Waals surface area contributed by atoms with E-state index in [-0.39, 0.29) is 23.0 Å². The predicted molar refractivity (Wildman–Crippen MR) is 119 cm³/mol. The second kappa shape index (κ2) is 10.00. The average molecular weight is 475 g/mol. The zero-order valence-electron chi connectivity index (χ0n) is 18.1. The largest absolute Gasteiger partial charge is 0.416 e. The Labute approximate surface area is 192 Å². The van der Waals surface area contributed by atoms with Crippen LogP contribution in [-0.2, 0) is 10.9 Å². The highest BCUT2D eigenvalue weighted by Gasteiger charge is 2.30. The molecule has 0 amide bonds. The summed E-state index contributed by atoms with van der Waals surface area (Å²) in [6.45, 7) is 1.94. The van der Waals surface area contributed by atoms with Crippen molar-refractivity contribution in [1.29, 1.82) is 0 Å². The maximum absolute atomic E-state index is 14.4. The zero-order valence-corrected chi connectivity index (χ0v) is 18.1. The summed E-state index contributed by atoms with van der Waals surface area (Å²) < 4.78 is 58.6. The summed E-state index contributed by atoms with van der Waals surface area (Å²) in [6.07, 6.45) is -1.90. The van der Waals surface area contributed by atoms with Gasteiger partial charge in [0.25, 0.3) is 0 Å². The van der Waals surface area contributed by atoms with Gasteiger partial charge in [0.05, 0.1) is 42.6 Å². The summed E-state index contributed by atoms with van der Waals surface area (Å²) in [7, 11) is 1.59. The van der Waals surface area contributed by atoms with Gasteiger partial charge < -0.3 is 20.4 Å². The third kappa shape index (κ3) is 5.39. The predicted octanol–water partition coefficient (Wildman–Crippen LogP) is 3.58. The van der Waals surface area contributed by atoms with E-state index >= 15 is 0 Å². The highest BCUT2D eigenvalue weighted by atomic mass is 19.4. The molecule has 2 N–H and O–H groups in total. The van der Waals surface area contributed by atoms with Crippen LogP contribution in [0.4, 0.5) is 34.8 Å². The molecule has 0 saturated carbocycles. The van der Waals surface area contributed by atoms with Crippen LogP contribution in [0.5, 0.6) is 0 Å². The van der Waals surface area contributed by atoms with Gasteiger partial charge in [-0.1, -0.05) is 6.07 Å². The van der Waals surface area contributed by atoms with Gasteiger partial charge in [0, 0.05) is 25.8 Å². The normalized spacial score (nSPS) is 14.7. The number of hydrogen-bond donors (Lipinski definition) is 2. The molecule has 0 spiro atoms. The van der Waals surface area contributed by atoms with Gasteiger partial charge in [0.2, 0.25) is 0 Å². The number of halogens is 4. The van der Waals surface area contributed by atoms with E-state index < -0.39 is 17.6 Å². The van der Waals surface area contributed by atoms with E-state index in [1.165, 1.54) is 18.3 Å². The molecule has 1 saturated heterocycles. The topological polar surface area (TPSA) is 87.6 Å². The van der Waals surface area contributed by atoms with Gasteiger partial charge in [-0.3, -0.25) is 4.98 Å². The minimum atomic E-state index is -4.44. The Morgan fingerprint density at radius 1 is 1.06 bits per heavy atom. The number of nitrogens with one attached hydrogen (secondary N) is 2. The van der Waals surface area contributed by atoms with E-state index in [0.717, 1.165) is 18.3 Å². The van der Waals surface area contributed by atoms with Gasteiger partial charge in [-0.15, -0.1) is 0 Å². The van der Waals surface area contributed by atoms with Gasteiger partial charge in [-0.25, -0.2) is 14.4 Å². The van der Waals surface area contributed by atoms with E-state index in [4.69, 9.17) is 4.74 Å². The van der Waals surface area contributed by atoms with Crippen molar-refractivity contribution in [2.75, 3.05) is 43.6 Å². The van der Waals surface area contributed by atoms with E-state index in [9.17, 15) is 17.6 Å². The number of benzene rings is 1. The lowest BCUT2D eigenvalue weighted by molar-refractivity contribution is -0.137. The van der Waals surface area contributed by atoms with Gasteiger partial charge in [0.1, 0.15) is 0 Å². The highest BCUT2D eigenvalue weighted by molar-refractivity contribution is 6.09. The van der Waals surface area contributed by atoms with E-state index in [1.807, 2.05) is 0 Å². The van der Waals surface area contributed by atoms with Crippen LogP contribution in [0.25, 0.3) is 0 Å². The maximum Gasteiger partial charge on any atom is 0.416 e. The number of aromatic nitrogens is 3. The molecule has 178 valence electrons. The van der Waals surface area contributed by atoms with Gasteiger partial charge in [-0.2, -0.15) is 18.3 Å². The fraction of sp³-hybridized carbons (Fsp3) is 0.273. The molecule has 8 nitrogen and oxygen atoms in total. The summed E-state index contributed by atoms with van der Waals surface area (Å²) in [6, 6.07) is 8.12. The summed E-state index contributed by atoms with van der Waals surface area (Å²) in [5.41, 5.74) is 3.33. The molecule has 1 aliphatic heterocycles. The summed E-state index contributed by atoms with van der Waals surface area (Å²) >= 11 is 0. The number of nitrogens with zero attached hydrogens (tertiary/aromatic N) is 5. The smallest absolute Gasteiger partial charge is 0.378 e. The molecule has 0 bridgehead atoms. The molecule has 1 aliphatic rings. The summed E-state index contributed by atoms with van der Waals surface area (Å²) in [4.78, 5) is 14.6. The first-order chi connectivity index (χ1) is 16.3. The zero-order chi connectivity index (χ0) is 24.1. The molecule has 0 atom stereocenters. The van der Waals surface area contributed by atoms with E-state index in [0.29, 0.717) is 37.7 Å². The molecular weight excluding hydrogens is 454 g/mol. The number of morpholine rings is 1. The van der Waals surface area contributed by atoms with Crippen LogP contribution < -0.4 is 15.6 Å². The van der Waals surface area contributed by atoms with Crippen LogP contribution in [0.1, 0.15) is 17.1 Å². The first-order valence-corrected chi connectivity index (χ1v) is 10.4. The number of hydrogen-bond acceptors (Lipinski definition) is 8. The molecule has 4 rings (SSSR count). The monoisotopic (exact) mass is 475 g/mol. The lowest BCUT2D eigenvalue weighted by atomic mass is 10.2. The van der Waals surface area contributed by atoms with Crippen molar-refractivity contribution in [1.82, 2.24) is 20.4 Å². The quantitative estimate of drug-likeness (QED) is 0.320. The highest BCUT2D eigenvalue weighted by Crippen LogP contribution is 2.31. The van der Waals surface area contributed by atoms with Crippen molar-refractivity contribution in [2.45, 2.75) is 6.18 Å². The van der Waals surface area contributed by atoms with Crippen molar-refractivity contribution in [3.63, 3.8) is 0 Å². The molecule has 0 unspecified atom stereocenters. The van der Waals surface area contributed by atoms with Gasteiger partial charge in [-0.05, 0) is 30.3 Å². The van der Waals surface area contributed by atoms with Crippen molar-refractivity contribution in [3.8, 4) is 0 Å². The molecular formula is C22H21F4N7O. The second-order valence-corrected chi connectivity index (χ2v) is 7.28. The Hall–Kier alpha value is -3.80. The molecule has 1 aromatic carbocycles. The molecule has 3 aromatic rings. The van der Waals surface area contributed by atoms with Crippen LogP contribution in [0.2, 0.25) is 0 Å². The van der Waals surface area contributed by atoms with Crippen LogP contribution >= 0.6 is 0 Å². The molecule has 12 heteroatoms. The summed E-state index contributed by atoms with van der Waals surface area (Å²) in [5, 5.41) is 7.10. The lowest BCUT2D eigenvalue weighted by Crippen LogP contribution is -2.37. The Balaban J connectivity index is 1.57. The first kappa shape index (κ1) is 23.4. The van der Waals surface area contributed by atoms with Crippen molar-refractivity contribution in [3.05, 3.63) is 71.7 Å². The molecule has 1 fully saturated rings. The third-order valence-electron chi connectivity index (χ3n) is 4.96. The SMILES string of the molecule is CN/N=C(/c1ccc(Nc2cccc(C(F)(F)F)c2)cn1)c1ncc(F)c(N2CCOCC2)n1. The van der Waals surface area contributed by atoms with Crippen LogP contribution in [-0.4, -0.2) is 54.0 Å². The minimum absolute atomic E-state index is 0.153.